The second-order valence-electron chi connectivity index (χ2n) is 5.47. The lowest BCUT2D eigenvalue weighted by molar-refractivity contribution is -0.119. The number of halogens is 2. The Morgan fingerprint density at radius 3 is 2.45 bits per heavy atom. The standard InChI is InChI=1S/C16H13ClFNO/c1-16(2)11-7-9(4-6-14(11)19-15(16)20)10-3-5-13(18)12(17)8-10/h3-8H,1-2H3,(H,19,20). The van der Waals surface area contributed by atoms with Crippen LogP contribution < -0.4 is 5.32 Å². The van der Waals surface area contributed by atoms with E-state index < -0.39 is 11.2 Å². The summed E-state index contributed by atoms with van der Waals surface area (Å²) in [5.41, 5.74) is 2.96. The lowest BCUT2D eigenvalue weighted by Gasteiger charge is -2.16. The molecule has 3 rings (SSSR count). The van der Waals surface area contributed by atoms with Gasteiger partial charge in [-0.25, -0.2) is 4.39 Å². The summed E-state index contributed by atoms with van der Waals surface area (Å²) in [5, 5.41) is 2.96. The molecule has 1 amide bonds. The van der Waals surface area contributed by atoms with Gasteiger partial charge in [-0.15, -0.1) is 0 Å². The normalized spacial score (nSPS) is 15.9. The van der Waals surface area contributed by atoms with E-state index in [1.807, 2.05) is 32.0 Å². The molecule has 0 unspecified atom stereocenters. The third-order valence-corrected chi connectivity index (χ3v) is 4.05. The zero-order valence-electron chi connectivity index (χ0n) is 11.1. The summed E-state index contributed by atoms with van der Waals surface area (Å²) in [6, 6.07) is 10.3. The Bertz CT molecular complexity index is 724. The number of carbonyl (C=O) groups is 1. The minimum Gasteiger partial charge on any atom is -0.325 e. The zero-order valence-corrected chi connectivity index (χ0v) is 11.9. The molecule has 102 valence electrons. The van der Waals surface area contributed by atoms with Crippen LogP contribution >= 0.6 is 11.6 Å². The number of benzene rings is 2. The molecule has 0 aliphatic carbocycles. The molecule has 1 N–H and O–H groups in total. The van der Waals surface area contributed by atoms with Gasteiger partial charge in [0.05, 0.1) is 10.4 Å². The number of hydrogen-bond acceptors (Lipinski definition) is 1. The molecule has 4 heteroatoms. The molecule has 1 aliphatic rings. The van der Waals surface area contributed by atoms with Crippen molar-refractivity contribution in [3.63, 3.8) is 0 Å². The summed E-state index contributed by atoms with van der Waals surface area (Å²) in [5.74, 6) is -0.449. The smallest absolute Gasteiger partial charge is 0.234 e. The summed E-state index contributed by atoms with van der Waals surface area (Å²) in [6.45, 7) is 3.77. The van der Waals surface area contributed by atoms with Crippen LogP contribution in [0.15, 0.2) is 36.4 Å². The van der Waals surface area contributed by atoms with Crippen molar-refractivity contribution in [3.8, 4) is 11.1 Å². The van der Waals surface area contributed by atoms with Gasteiger partial charge in [-0.1, -0.05) is 23.7 Å². The average molecular weight is 290 g/mol. The Labute approximate surface area is 121 Å². The number of nitrogens with one attached hydrogen (secondary N) is 1. The largest absolute Gasteiger partial charge is 0.325 e. The van der Waals surface area contributed by atoms with Crippen molar-refractivity contribution in [3.05, 3.63) is 52.8 Å². The number of carbonyl (C=O) groups excluding carboxylic acids is 1. The first-order valence-electron chi connectivity index (χ1n) is 6.31. The van der Waals surface area contributed by atoms with Crippen LogP contribution in [0.3, 0.4) is 0 Å². The van der Waals surface area contributed by atoms with Gasteiger partial charge in [0.1, 0.15) is 5.82 Å². The molecule has 1 aliphatic heterocycles. The fourth-order valence-electron chi connectivity index (χ4n) is 2.43. The van der Waals surface area contributed by atoms with E-state index in [9.17, 15) is 9.18 Å². The van der Waals surface area contributed by atoms with E-state index in [0.29, 0.717) is 0 Å². The van der Waals surface area contributed by atoms with Gasteiger partial charge in [-0.2, -0.15) is 0 Å². The molecular formula is C16H13ClFNO. The van der Waals surface area contributed by atoms with Crippen molar-refractivity contribution in [1.82, 2.24) is 0 Å². The van der Waals surface area contributed by atoms with Crippen LogP contribution in [0, 0.1) is 5.82 Å². The van der Waals surface area contributed by atoms with Crippen molar-refractivity contribution in [2.75, 3.05) is 5.32 Å². The van der Waals surface area contributed by atoms with E-state index >= 15 is 0 Å². The molecule has 1 heterocycles. The summed E-state index contributed by atoms with van der Waals surface area (Å²) in [4.78, 5) is 11.9. The number of fused-ring (bicyclic) bond motifs is 1. The summed E-state index contributed by atoms with van der Waals surface area (Å²) < 4.78 is 13.2. The molecule has 0 saturated carbocycles. The van der Waals surface area contributed by atoms with Crippen LogP contribution in [0.2, 0.25) is 5.02 Å². The van der Waals surface area contributed by atoms with Gasteiger partial charge in [0.25, 0.3) is 0 Å². The van der Waals surface area contributed by atoms with E-state index in [-0.39, 0.29) is 10.9 Å². The highest BCUT2D eigenvalue weighted by atomic mass is 35.5. The summed E-state index contributed by atoms with van der Waals surface area (Å²) >= 11 is 5.82. The first kappa shape index (κ1) is 13.1. The molecule has 0 aromatic heterocycles. The molecule has 0 radical (unpaired) electrons. The first-order chi connectivity index (χ1) is 9.39. The second kappa shape index (κ2) is 4.32. The van der Waals surface area contributed by atoms with Gasteiger partial charge in [-0.05, 0) is 54.8 Å². The van der Waals surface area contributed by atoms with E-state index in [2.05, 4.69) is 5.32 Å². The first-order valence-corrected chi connectivity index (χ1v) is 6.69. The molecule has 0 saturated heterocycles. The van der Waals surface area contributed by atoms with Crippen LogP contribution in [0.1, 0.15) is 19.4 Å². The highest BCUT2D eigenvalue weighted by molar-refractivity contribution is 6.31. The summed E-state index contributed by atoms with van der Waals surface area (Å²) in [6.07, 6.45) is 0. The van der Waals surface area contributed by atoms with Crippen LogP contribution in [0.5, 0.6) is 0 Å². The van der Waals surface area contributed by atoms with Crippen molar-refractivity contribution in [2.24, 2.45) is 0 Å². The van der Waals surface area contributed by atoms with Crippen molar-refractivity contribution < 1.29 is 9.18 Å². The highest BCUT2D eigenvalue weighted by Gasteiger charge is 2.38. The summed E-state index contributed by atoms with van der Waals surface area (Å²) in [7, 11) is 0. The Morgan fingerprint density at radius 1 is 1.10 bits per heavy atom. The fourth-order valence-corrected chi connectivity index (χ4v) is 2.61. The van der Waals surface area contributed by atoms with Crippen LogP contribution in [0.25, 0.3) is 11.1 Å². The van der Waals surface area contributed by atoms with Gasteiger partial charge < -0.3 is 5.32 Å². The number of hydrogen-bond donors (Lipinski definition) is 1. The molecule has 2 aromatic rings. The Balaban J connectivity index is 2.12. The van der Waals surface area contributed by atoms with E-state index in [0.717, 1.165) is 22.4 Å². The minimum absolute atomic E-state index is 0.0122. The fraction of sp³-hybridized carbons (Fsp3) is 0.188. The second-order valence-corrected chi connectivity index (χ2v) is 5.88. The van der Waals surface area contributed by atoms with Crippen molar-refractivity contribution >= 4 is 23.2 Å². The predicted molar refractivity (Wildman–Crippen MR) is 78.5 cm³/mol. The molecule has 0 atom stereocenters. The lowest BCUT2D eigenvalue weighted by atomic mass is 9.85. The zero-order chi connectivity index (χ0) is 14.5. The van der Waals surface area contributed by atoms with Gasteiger partial charge in [0.15, 0.2) is 0 Å². The predicted octanol–water partition coefficient (Wildman–Crippen LogP) is 4.38. The van der Waals surface area contributed by atoms with E-state index in [4.69, 9.17) is 11.6 Å². The quantitative estimate of drug-likeness (QED) is 0.829. The molecule has 0 spiro atoms. The minimum atomic E-state index is -0.560. The maximum atomic E-state index is 13.2. The van der Waals surface area contributed by atoms with Gasteiger partial charge in [-0.3, -0.25) is 4.79 Å². The SMILES string of the molecule is CC1(C)C(=O)Nc2ccc(-c3ccc(F)c(Cl)c3)cc21. The Hall–Kier alpha value is -1.87. The van der Waals surface area contributed by atoms with Gasteiger partial charge >= 0.3 is 0 Å². The van der Waals surface area contributed by atoms with Crippen LogP contribution in [-0.4, -0.2) is 5.91 Å². The maximum Gasteiger partial charge on any atom is 0.234 e. The molecule has 2 nitrogen and oxygen atoms in total. The van der Waals surface area contributed by atoms with E-state index in [1.165, 1.54) is 6.07 Å². The number of amides is 1. The molecule has 0 fully saturated rings. The van der Waals surface area contributed by atoms with Crippen molar-refractivity contribution in [1.29, 1.82) is 0 Å². The third kappa shape index (κ3) is 1.90. The molecule has 0 bridgehead atoms. The molecular weight excluding hydrogens is 277 g/mol. The number of rotatable bonds is 1. The topological polar surface area (TPSA) is 29.1 Å². The lowest BCUT2D eigenvalue weighted by Crippen LogP contribution is -2.26. The van der Waals surface area contributed by atoms with Gasteiger partial charge in [0.2, 0.25) is 5.91 Å². The highest BCUT2D eigenvalue weighted by Crippen LogP contribution is 2.39. The average Bonchev–Trinajstić information content (AvgIpc) is 2.63. The van der Waals surface area contributed by atoms with Crippen LogP contribution in [0.4, 0.5) is 10.1 Å². The maximum absolute atomic E-state index is 13.2. The van der Waals surface area contributed by atoms with Crippen LogP contribution in [-0.2, 0) is 10.2 Å². The third-order valence-electron chi connectivity index (χ3n) is 3.76. The molecule has 20 heavy (non-hydrogen) atoms. The Kier molecular flexibility index (Phi) is 2.83. The monoisotopic (exact) mass is 289 g/mol. The van der Waals surface area contributed by atoms with Gasteiger partial charge in [0, 0.05) is 5.69 Å². The molecule has 2 aromatic carbocycles. The Morgan fingerprint density at radius 2 is 1.75 bits per heavy atom. The number of anilines is 1. The van der Waals surface area contributed by atoms with Crippen molar-refractivity contribution in [2.45, 2.75) is 19.3 Å². The van der Waals surface area contributed by atoms with E-state index in [1.54, 1.807) is 12.1 Å².